The van der Waals surface area contributed by atoms with Crippen LogP contribution in [0.2, 0.25) is 0 Å². The number of hydrogen-bond donors (Lipinski definition) is 0. The lowest BCUT2D eigenvalue weighted by atomic mass is 10.3. The molecule has 0 radical (unpaired) electrons. The lowest BCUT2D eigenvalue weighted by Gasteiger charge is -2.26. The van der Waals surface area contributed by atoms with E-state index in [1.54, 1.807) is 0 Å². The van der Waals surface area contributed by atoms with Gasteiger partial charge in [0.1, 0.15) is 11.5 Å². The van der Waals surface area contributed by atoms with Gasteiger partial charge in [-0.05, 0) is 31.3 Å². The van der Waals surface area contributed by atoms with E-state index in [-0.39, 0.29) is 12.5 Å². The zero-order valence-electron chi connectivity index (χ0n) is 11.6. The van der Waals surface area contributed by atoms with Gasteiger partial charge >= 0.3 is 0 Å². The molecule has 3 heteroatoms. The fourth-order valence-corrected chi connectivity index (χ4v) is 2.47. The second kappa shape index (κ2) is 5.97. The molecule has 1 aliphatic rings. The third-order valence-corrected chi connectivity index (χ3v) is 3.60. The van der Waals surface area contributed by atoms with Gasteiger partial charge in [-0.25, -0.2) is 4.90 Å². The van der Waals surface area contributed by atoms with Gasteiger partial charge in [-0.15, -0.1) is 0 Å². The first-order valence-corrected chi connectivity index (χ1v) is 6.98. The lowest BCUT2D eigenvalue weighted by molar-refractivity contribution is -0.00829. The Kier molecular flexibility index (Phi) is 3.88. The van der Waals surface area contributed by atoms with E-state index in [4.69, 9.17) is 9.47 Å². The van der Waals surface area contributed by atoms with E-state index in [0.717, 1.165) is 24.3 Å². The summed E-state index contributed by atoms with van der Waals surface area (Å²) in [5, 5.41) is 0. The van der Waals surface area contributed by atoms with Gasteiger partial charge in [0.2, 0.25) is 0 Å². The van der Waals surface area contributed by atoms with Crippen LogP contribution >= 0.6 is 0 Å². The van der Waals surface area contributed by atoms with Gasteiger partial charge in [0.15, 0.2) is 12.5 Å². The monoisotopic (exact) mass is 269 g/mol. The normalized spacial score (nSPS) is 22.6. The van der Waals surface area contributed by atoms with Gasteiger partial charge in [-0.3, -0.25) is 0 Å². The molecule has 0 bridgehead atoms. The van der Waals surface area contributed by atoms with Crippen LogP contribution in [0.4, 0.5) is 0 Å². The van der Waals surface area contributed by atoms with E-state index in [1.165, 1.54) is 0 Å². The number of benzene rings is 2. The summed E-state index contributed by atoms with van der Waals surface area (Å²) in [5.74, 6) is 1.81. The molecule has 1 fully saturated rings. The molecule has 0 aromatic heterocycles. The van der Waals surface area contributed by atoms with Gasteiger partial charge in [0.25, 0.3) is 0 Å². The number of rotatable bonds is 4. The molecule has 1 saturated heterocycles. The molecule has 0 aliphatic carbocycles. The third kappa shape index (κ3) is 2.94. The van der Waals surface area contributed by atoms with Crippen molar-refractivity contribution < 1.29 is 9.47 Å². The van der Waals surface area contributed by atoms with Gasteiger partial charge in [0.05, 0.1) is 0 Å². The smallest absolute Gasteiger partial charge is 0.155 e. The molecular weight excluding hydrogens is 250 g/mol. The summed E-state index contributed by atoms with van der Waals surface area (Å²) in [4.78, 5) is 2.15. The summed E-state index contributed by atoms with van der Waals surface area (Å²) in [6.07, 6.45) is 2.10. The predicted molar refractivity (Wildman–Crippen MR) is 78.7 cm³/mol. The second-order valence-electron chi connectivity index (χ2n) is 5.01. The molecule has 2 aromatic carbocycles. The molecule has 3 nitrogen and oxygen atoms in total. The fourth-order valence-electron chi connectivity index (χ4n) is 2.47. The summed E-state index contributed by atoms with van der Waals surface area (Å²) in [6.45, 7) is 0. The number of hydrogen-bond acceptors (Lipinski definition) is 3. The lowest BCUT2D eigenvalue weighted by Crippen LogP contribution is -2.38. The molecule has 2 atom stereocenters. The topological polar surface area (TPSA) is 21.7 Å². The minimum absolute atomic E-state index is 0.0751. The van der Waals surface area contributed by atoms with Crippen molar-refractivity contribution in [3.8, 4) is 11.5 Å². The van der Waals surface area contributed by atoms with E-state index in [2.05, 4.69) is 4.90 Å². The fraction of sp³-hybridized carbons (Fsp3) is 0.294. The van der Waals surface area contributed by atoms with Crippen LogP contribution in [0.15, 0.2) is 60.7 Å². The van der Waals surface area contributed by atoms with Crippen LogP contribution in [0.25, 0.3) is 0 Å². The summed E-state index contributed by atoms with van der Waals surface area (Å²) < 4.78 is 12.0. The predicted octanol–water partition coefficient (Wildman–Crippen LogP) is 3.52. The summed E-state index contributed by atoms with van der Waals surface area (Å²) in [6, 6.07) is 19.9. The highest BCUT2D eigenvalue weighted by Crippen LogP contribution is 2.27. The Morgan fingerprint density at radius 2 is 1.15 bits per heavy atom. The minimum atomic E-state index is 0.0751. The van der Waals surface area contributed by atoms with E-state index in [9.17, 15) is 0 Å². The van der Waals surface area contributed by atoms with Crippen molar-refractivity contribution in [1.29, 1.82) is 0 Å². The Bertz CT molecular complexity index is 480. The molecule has 1 aliphatic heterocycles. The van der Waals surface area contributed by atoms with Crippen molar-refractivity contribution in [2.75, 3.05) is 7.05 Å². The Morgan fingerprint density at radius 3 is 1.55 bits per heavy atom. The first-order valence-electron chi connectivity index (χ1n) is 6.98. The SMILES string of the molecule is CN1C(Oc2ccccc2)CCC1Oc1ccccc1. The van der Waals surface area contributed by atoms with E-state index in [0.29, 0.717) is 0 Å². The van der Waals surface area contributed by atoms with Crippen LogP contribution in [0.3, 0.4) is 0 Å². The van der Waals surface area contributed by atoms with E-state index in [1.807, 2.05) is 67.7 Å². The molecule has 0 amide bonds. The summed E-state index contributed by atoms with van der Waals surface area (Å²) in [5.41, 5.74) is 0. The molecule has 104 valence electrons. The van der Waals surface area contributed by atoms with Crippen molar-refractivity contribution in [3.05, 3.63) is 60.7 Å². The standard InChI is InChI=1S/C17H19NO2/c1-18-16(19-14-8-4-2-5-9-14)12-13-17(18)20-15-10-6-3-7-11-15/h2-11,16-17H,12-13H2,1H3. The highest BCUT2D eigenvalue weighted by molar-refractivity contribution is 5.22. The first kappa shape index (κ1) is 13.0. The number of likely N-dealkylation sites (tertiary alicyclic amines) is 1. The van der Waals surface area contributed by atoms with Gasteiger partial charge in [-0.1, -0.05) is 36.4 Å². The molecular formula is C17H19NO2. The zero-order valence-corrected chi connectivity index (χ0v) is 11.6. The molecule has 0 spiro atoms. The molecule has 3 rings (SSSR count). The highest BCUT2D eigenvalue weighted by Gasteiger charge is 2.33. The minimum Gasteiger partial charge on any atom is -0.475 e. The van der Waals surface area contributed by atoms with Gasteiger partial charge < -0.3 is 9.47 Å². The third-order valence-electron chi connectivity index (χ3n) is 3.60. The van der Waals surface area contributed by atoms with Crippen LogP contribution in [0.1, 0.15) is 12.8 Å². The first-order chi connectivity index (χ1) is 9.83. The Hall–Kier alpha value is -2.00. The highest BCUT2D eigenvalue weighted by atomic mass is 16.5. The average molecular weight is 269 g/mol. The number of nitrogens with zero attached hydrogens (tertiary/aromatic N) is 1. The van der Waals surface area contributed by atoms with Crippen LogP contribution in [-0.4, -0.2) is 24.4 Å². The number of para-hydroxylation sites is 2. The molecule has 1 heterocycles. The van der Waals surface area contributed by atoms with E-state index >= 15 is 0 Å². The van der Waals surface area contributed by atoms with Crippen molar-refractivity contribution >= 4 is 0 Å². The maximum Gasteiger partial charge on any atom is 0.155 e. The Balaban J connectivity index is 1.61. The van der Waals surface area contributed by atoms with Gasteiger partial charge in [0, 0.05) is 12.8 Å². The quantitative estimate of drug-likeness (QED) is 0.847. The maximum absolute atomic E-state index is 6.00. The van der Waals surface area contributed by atoms with Crippen LogP contribution in [0, 0.1) is 0 Å². The van der Waals surface area contributed by atoms with Crippen molar-refractivity contribution in [3.63, 3.8) is 0 Å². The Morgan fingerprint density at radius 1 is 0.750 bits per heavy atom. The Labute approximate surface area is 119 Å². The summed E-state index contributed by atoms with van der Waals surface area (Å²) >= 11 is 0. The maximum atomic E-state index is 6.00. The average Bonchev–Trinajstić information content (AvgIpc) is 2.83. The van der Waals surface area contributed by atoms with Crippen molar-refractivity contribution in [2.45, 2.75) is 25.3 Å². The van der Waals surface area contributed by atoms with Crippen LogP contribution < -0.4 is 9.47 Å². The van der Waals surface area contributed by atoms with Crippen LogP contribution in [0.5, 0.6) is 11.5 Å². The van der Waals surface area contributed by atoms with Crippen molar-refractivity contribution in [2.24, 2.45) is 0 Å². The molecule has 2 unspecified atom stereocenters. The second-order valence-corrected chi connectivity index (χ2v) is 5.01. The number of ether oxygens (including phenoxy) is 2. The molecule has 0 N–H and O–H groups in total. The van der Waals surface area contributed by atoms with Crippen molar-refractivity contribution in [1.82, 2.24) is 4.90 Å². The molecule has 2 aromatic rings. The largest absolute Gasteiger partial charge is 0.475 e. The summed E-state index contributed by atoms with van der Waals surface area (Å²) in [7, 11) is 2.05. The van der Waals surface area contributed by atoms with E-state index < -0.39 is 0 Å². The van der Waals surface area contributed by atoms with Gasteiger partial charge in [-0.2, -0.15) is 0 Å². The van der Waals surface area contributed by atoms with Crippen LogP contribution in [-0.2, 0) is 0 Å². The molecule has 0 saturated carbocycles. The zero-order chi connectivity index (χ0) is 13.8. The molecule has 20 heavy (non-hydrogen) atoms.